The van der Waals surface area contributed by atoms with Crippen LogP contribution in [0.2, 0.25) is 0 Å². The molecule has 0 fully saturated rings. The van der Waals surface area contributed by atoms with Crippen LogP contribution in [0.3, 0.4) is 0 Å². The summed E-state index contributed by atoms with van der Waals surface area (Å²) >= 11 is 0. The molecule has 0 atom stereocenters. The third kappa shape index (κ3) is 4.50. The first-order chi connectivity index (χ1) is 11.6. The molecule has 0 saturated heterocycles. The van der Waals surface area contributed by atoms with Crippen LogP contribution in [-0.4, -0.2) is 13.4 Å². The van der Waals surface area contributed by atoms with Crippen LogP contribution >= 0.6 is 0 Å². The van der Waals surface area contributed by atoms with Crippen LogP contribution in [0.5, 0.6) is 5.75 Å². The van der Waals surface area contributed by atoms with Gasteiger partial charge in [-0.1, -0.05) is 65.8 Å². The van der Waals surface area contributed by atoms with Crippen LogP contribution in [0.25, 0.3) is 6.08 Å². The molecule has 1 aromatic carbocycles. The summed E-state index contributed by atoms with van der Waals surface area (Å²) in [7, 11) is 1.68. The molecule has 0 unspecified atom stereocenters. The van der Waals surface area contributed by atoms with E-state index >= 15 is 0 Å². The van der Waals surface area contributed by atoms with Gasteiger partial charge in [-0.25, -0.2) is 0 Å². The summed E-state index contributed by atoms with van der Waals surface area (Å²) in [4.78, 5) is 11.9. The SMILES string of the molecule is COc1cccc(C=C2C=C(C(C)(C)C)C(C=O)C(C(C)(C)C)=C2)c1. The van der Waals surface area contributed by atoms with Gasteiger partial charge >= 0.3 is 0 Å². The van der Waals surface area contributed by atoms with Gasteiger partial charge < -0.3 is 9.53 Å². The zero-order valence-corrected chi connectivity index (χ0v) is 16.5. The third-order valence-electron chi connectivity index (χ3n) is 4.61. The topological polar surface area (TPSA) is 26.3 Å². The number of hydrogen-bond donors (Lipinski definition) is 0. The fourth-order valence-corrected chi connectivity index (χ4v) is 3.27. The van der Waals surface area contributed by atoms with Crippen molar-refractivity contribution in [1.82, 2.24) is 0 Å². The fraction of sp³-hybridized carbons (Fsp3) is 0.435. The summed E-state index contributed by atoms with van der Waals surface area (Å²) in [6.45, 7) is 13.0. The zero-order chi connectivity index (χ0) is 18.8. The molecule has 2 nitrogen and oxygen atoms in total. The Morgan fingerprint density at radius 2 is 1.52 bits per heavy atom. The Labute approximate surface area is 152 Å². The second kappa shape index (κ2) is 7.03. The Bertz CT molecular complexity index is 700. The van der Waals surface area contributed by atoms with Crippen molar-refractivity contribution < 1.29 is 9.53 Å². The van der Waals surface area contributed by atoms with E-state index in [1.807, 2.05) is 18.2 Å². The van der Waals surface area contributed by atoms with E-state index in [1.165, 1.54) is 11.1 Å². The van der Waals surface area contributed by atoms with Gasteiger partial charge in [0.25, 0.3) is 0 Å². The molecule has 0 aliphatic heterocycles. The van der Waals surface area contributed by atoms with E-state index in [0.29, 0.717) is 0 Å². The number of allylic oxidation sites excluding steroid dienone is 5. The molecule has 1 aromatic rings. The monoisotopic (exact) mass is 338 g/mol. The van der Waals surface area contributed by atoms with Gasteiger partial charge in [0, 0.05) is 0 Å². The van der Waals surface area contributed by atoms with E-state index in [0.717, 1.165) is 23.2 Å². The predicted molar refractivity (Wildman–Crippen MR) is 106 cm³/mol. The van der Waals surface area contributed by atoms with E-state index in [1.54, 1.807) is 7.11 Å². The minimum Gasteiger partial charge on any atom is -0.497 e. The molecule has 0 saturated carbocycles. The Hall–Kier alpha value is -2.09. The van der Waals surface area contributed by atoms with Crippen molar-refractivity contribution in [2.75, 3.05) is 7.11 Å². The van der Waals surface area contributed by atoms with E-state index in [4.69, 9.17) is 4.74 Å². The molecular formula is C23H30O2. The second-order valence-corrected chi connectivity index (χ2v) is 8.73. The van der Waals surface area contributed by atoms with Crippen LogP contribution in [0.15, 0.2) is 53.1 Å². The normalized spacial score (nSPS) is 18.4. The van der Waals surface area contributed by atoms with Crippen LogP contribution in [0, 0.1) is 16.7 Å². The Morgan fingerprint density at radius 3 is 1.96 bits per heavy atom. The Balaban J connectivity index is 2.60. The molecule has 134 valence electrons. The van der Waals surface area contributed by atoms with Gasteiger partial charge in [-0.2, -0.15) is 0 Å². The van der Waals surface area contributed by atoms with Gasteiger partial charge in [0.05, 0.1) is 13.0 Å². The van der Waals surface area contributed by atoms with E-state index in [-0.39, 0.29) is 16.7 Å². The standard InChI is InChI=1S/C23H30O2/c1-22(2,3)20-13-17(11-16-9-8-10-18(12-16)25-7)14-21(19(20)15-24)23(4,5)6/h8-15,19H,1-7H3. The number of benzene rings is 1. The number of carbonyl (C=O) groups excluding carboxylic acids is 1. The highest BCUT2D eigenvalue weighted by atomic mass is 16.5. The summed E-state index contributed by atoms with van der Waals surface area (Å²) in [5.74, 6) is 0.693. The van der Waals surface area contributed by atoms with E-state index < -0.39 is 0 Å². The average molecular weight is 338 g/mol. The quantitative estimate of drug-likeness (QED) is 0.646. The summed E-state index contributed by atoms with van der Waals surface area (Å²) in [6, 6.07) is 8.02. The maximum atomic E-state index is 11.9. The van der Waals surface area contributed by atoms with Crippen molar-refractivity contribution in [3.8, 4) is 5.75 Å². The van der Waals surface area contributed by atoms with Crippen molar-refractivity contribution in [3.63, 3.8) is 0 Å². The average Bonchev–Trinajstić information content (AvgIpc) is 2.52. The van der Waals surface area contributed by atoms with Crippen LogP contribution in [0.4, 0.5) is 0 Å². The molecule has 0 heterocycles. The number of hydrogen-bond acceptors (Lipinski definition) is 2. The summed E-state index contributed by atoms with van der Waals surface area (Å²) in [5.41, 5.74) is 4.43. The largest absolute Gasteiger partial charge is 0.497 e. The summed E-state index contributed by atoms with van der Waals surface area (Å²) in [6.07, 6.45) is 7.60. The van der Waals surface area contributed by atoms with Crippen LogP contribution in [-0.2, 0) is 4.79 Å². The summed E-state index contributed by atoms with van der Waals surface area (Å²) < 4.78 is 5.32. The van der Waals surface area contributed by atoms with Gasteiger partial charge in [-0.15, -0.1) is 0 Å². The lowest BCUT2D eigenvalue weighted by Crippen LogP contribution is -2.28. The van der Waals surface area contributed by atoms with Crippen molar-refractivity contribution >= 4 is 12.4 Å². The van der Waals surface area contributed by atoms with Crippen molar-refractivity contribution in [2.45, 2.75) is 41.5 Å². The Kier molecular flexibility index (Phi) is 5.41. The second-order valence-electron chi connectivity index (χ2n) is 8.73. The number of methoxy groups -OCH3 is 1. The lowest BCUT2D eigenvalue weighted by atomic mass is 9.67. The van der Waals surface area contributed by atoms with Crippen LogP contribution < -0.4 is 4.74 Å². The molecule has 1 aliphatic carbocycles. The molecule has 0 spiro atoms. The first kappa shape index (κ1) is 19.2. The van der Waals surface area contributed by atoms with Crippen molar-refractivity contribution in [1.29, 1.82) is 0 Å². The van der Waals surface area contributed by atoms with Gasteiger partial charge in [-0.3, -0.25) is 0 Å². The number of rotatable bonds is 3. The van der Waals surface area contributed by atoms with Gasteiger partial charge in [0.15, 0.2) is 0 Å². The highest BCUT2D eigenvalue weighted by molar-refractivity contribution is 5.72. The molecule has 1 aliphatic rings. The molecule has 0 amide bonds. The zero-order valence-electron chi connectivity index (χ0n) is 16.5. The molecule has 0 bridgehead atoms. The minimum atomic E-state index is -0.151. The smallest absolute Gasteiger partial charge is 0.131 e. The van der Waals surface area contributed by atoms with Crippen molar-refractivity contribution in [2.24, 2.45) is 16.7 Å². The number of carbonyl (C=O) groups is 1. The molecule has 2 heteroatoms. The highest BCUT2D eigenvalue weighted by Crippen LogP contribution is 2.44. The number of aldehydes is 1. The molecule has 25 heavy (non-hydrogen) atoms. The van der Waals surface area contributed by atoms with Crippen LogP contribution in [0.1, 0.15) is 47.1 Å². The van der Waals surface area contributed by atoms with Gasteiger partial charge in [-0.05, 0) is 51.3 Å². The molecular weight excluding hydrogens is 308 g/mol. The predicted octanol–water partition coefficient (Wildman–Crippen LogP) is 5.85. The molecule has 0 radical (unpaired) electrons. The molecule has 0 aromatic heterocycles. The minimum absolute atomic E-state index is 0.0657. The lowest BCUT2D eigenvalue weighted by Gasteiger charge is -2.37. The van der Waals surface area contributed by atoms with E-state index in [9.17, 15) is 4.79 Å². The maximum absolute atomic E-state index is 11.9. The van der Waals surface area contributed by atoms with E-state index in [2.05, 4.69) is 65.8 Å². The number of ether oxygens (including phenoxy) is 1. The molecule has 0 N–H and O–H groups in total. The summed E-state index contributed by atoms with van der Waals surface area (Å²) in [5, 5.41) is 0. The highest BCUT2D eigenvalue weighted by Gasteiger charge is 2.35. The van der Waals surface area contributed by atoms with Gasteiger partial charge in [0.1, 0.15) is 12.0 Å². The van der Waals surface area contributed by atoms with Gasteiger partial charge in [0.2, 0.25) is 0 Å². The first-order valence-corrected chi connectivity index (χ1v) is 8.81. The molecule has 2 rings (SSSR count). The maximum Gasteiger partial charge on any atom is 0.131 e. The van der Waals surface area contributed by atoms with Crippen molar-refractivity contribution in [3.05, 3.63) is 58.7 Å². The third-order valence-corrected chi connectivity index (χ3v) is 4.61. The fourth-order valence-electron chi connectivity index (χ4n) is 3.27. The lowest BCUT2D eigenvalue weighted by molar-refractivity contribution is -0.109. The Morgan fingerprint density at radius 1 is 0.960 bits per heavy atom. The first-order valence-electron chi connectivity index (χ1n) is 8.81.